The Morgan fingerprint density at radius 3 is 2.51 bits per heavy atom. The lowest BCUT2D eigenvalue weighted by Crippen LogP contribution is -2.42. The van der Waals surface area contributed by atoms with E-state index in [4.69, 9.17) is 9.47 Å². The van der Waals surface area contributed by atoms with Crippen molar-refractivity contribution in [2.45, 2.75) is 58.4 Å². The highest BCUT2D eigenvalue weighted by molar-refractivity contribution is 9.10. The van der Waals surface area contributed by atoms with Crippen LogP contribution in [-0.2, 0) is 27.2 Å². The van der Waals surface area contributed by atoms with E-state index in [0.29, 0.717) is 18.5 Å². The summed E-state index contributed by atoms with van der Waals surface area (Å²) < 4.78 is 13.9. The van der Waals surface area contributed by atoms with Crippen LogP contribution in [0.15, 0.2) is 70.8 Å². The second-order valence-corrected chi connectivity index (χ2v) is 10.9. The molecule has 1 aliphatic rings. The number of fused-ring (bicyclic) bond motifs is 1. The summed E-state index contributed by atoms with van der Waals surface area (Å²) in [4.78, 5) is 27.5. The molecule has 4 rings (SSSR count). The molecule has 0 aliphatic carbocycles. The highest BCUT2D eigenvalue weighted by Gasteiger charge is 2.34. The molecule has 0 saturated carbocycles. The van der Waals surface area contributed by atoms with E-state index < -0.39 is 17.8 Å². The summed E-state index contributed by atoms with van der Waals surface area (Å²) in [6, 6.07) is 15.8. The number of nitrogens with zero attached hydrogens (tertiary/aromatic N) is 2. The third-order valence-electron chi connectivity index (χ3n) is 6.08. The first-order chi connectivity index (χ1) is 16.5. The smallest absolute Gasteiger partial charge is 0.419 e. The Kier molecular flexibility index (Phi) is 7.20. The second-order valence-electron chi connectivity index (χ2n) is 10.0. The van der Waals surface area contributed by atoms with E-state index in [2.05, 4.69) is 33.0 Å². The van der Waals surface area contributed by atoms with Crippen molar-refractivity contribution in [2.75, 3.05) is 7.05 Å². The van der Waals surface area contributed by atoms with Gasteiger partial charge in [0.15, 0.2) is 0 Å². The van der Waals surface area contributed by atoms with Crippen LogP contribution in [0.4, 0.5) is 4.79 Å². The third kappa shape index (κ3) is 5.68. The van der Waals surface area contributed by atoms with Crippen LogP contribution in [0.5, 0.6) is 0 Å². The molecule has 1 aromatic heterocycles. The number of benzene rings is 2. The number of halogens is 1. The average Bonchev–Trinajstić information content (AvgIpc) is 3.32. The number of carbonyl (C=O) groups excluding carboxylic acids is 2. The first kappa shape index (κ1) is 25.2. The van der Waals surface area contributed by atoms with Gasteiger partial charge in [0.25, 0.3) is 0 Å². The zero-order valence-electron chi connectivity index (χ0n) is 20.7. The highest BCUT2D eigenvalue weighted by atomic mass is 79.9. The summed E-state index contributed by atoms with van der Waals surface area (Å²) in [7, 11) is 2.04. The summed E-state index contributed by atoms with van der Waals surface area (Å²) in [5.41, 5.74) is 2.91. The van der Waals surface area contributed by atoms with Gasteiger partial charge in [-0.2, -0.15) is 0 Å². The number of esters is 1. The van der Waals surface area contributed by atoms with Gasteiger partial charge < -0.3 is 9.47 Å². The minimum atomic E-state index is -0.612. The maximum atomic E-state index is 13.0. The molecule has 6 nitrogen and oxygen atoms in total. The van der Waals surface area contributed by atoms with Crippen LogP contribution in [0.3, 0.4) is 0 Å². The van der Waals surface area contributed by atoms with E-state index >= 15 is 0 Å². The van der Waals surface area contributed by atoms with Gasteiger partial charge in [0.2, 0.25) is 0 Å². The number of aromatic nitrogens is 1. The zero-order valence-corrected chi connectivity index (χ0v) is 22.3. The standard InChI is InChI=1S/C28H31BrN2O4/c1-18-14-24(34-26(18)32)23(30(5)16-19-10-7-6-8-11-19)15-20-17-31(27(33)35-28(2,3)4)22-13-9-12-21(29)25(20)22/h6-14,17,23-24H,15-16H2,1-5H3. The molecule has 0 amide bonds. The predicted molar refractivity (Wildman–Crippen MR) is 140 cm³/mol. The number of hydrogen-bond acceptors (Lipinski definition) is 5. The monoisotopic (exact) mass is 538 g/mol. The Labute approximate surface area is 214 Å². The molecule has 2 aromatic carbocycles. The van der Waals surface area contributed by atoms with Gasteiger partial charge in [-0.05, 0) is 70.5 Å². The molecule has 2 heterocycles. The fourth-order valence-electron chi connectivity index (χ4n) is 4.43. The number of carbonyl (C=O) groups is 2. The van der Waals surface area contributed by atoms with Gasteiger partial charge in [-0.15, -0.1) is 0 Å². The zero-order chi connectivity index (χ0) is 25.3. The minimum Gasteiger partial charge on any atom is -0.453 e. The largest absolute Gasteiger partial charge is 0.453 e. The maximum absolute atomic E-state index is 13.0. The summed E-state index contributed by atoms with van der Waals surface area (Å²) in [6.07, 6.45) is 3.50. The van der Waals surface area contributed by atoms with E-state index in [9.17, 15) is 9.59 Å². The normalized spacial score (nSPS) is 16.9. The SMILES string of the molecule is CC1=CC(C(Cc2cn(C(=O)OC(C)(C)C)c3cccc(Br)c23)N(C)Cc2ccccc2)OC1=O. The Bertz CT molecular complexity index is 1270. The number of ether oxygens (including phenoxy) is 2. The molecule has 184 valence electrons. The van der Waals surface area contributed by atoms with Crippen molar-refractivity contribution in [3.8, 4) is 0 Å². The molecule has 1 aliphatic heterocycles. The van der Waals surface area contributed by atoms with Crippen LogP contribution in [0.25, 0.3) is 10.9 Å². The van der Waals surface area contributed by atoms with Crippen LogP contribution in [-0.4, -0.2) is 46.3 Å². The summed E-state index contributed by atoms with van der Waals surface area (Å²) in [5, 5.41) is 0.946. The van der Waals surface area contributed by atoms with Crippen molar-refractivity contribution in [1.82, 2.24) is 9.47 Å². The van der Waals surface area contributed by atoms with Gasteiger partial charge in [-0.3, -0.25) is 9.47 Å². The lowest BCUT2D eigenvalue weighted by molar-refractivity contribution is -0.141. The quantitative estimate of drug-likeness (QED) is 0.354. The molecule has 2 unspecified atom stereocenters. The lowest BCUT2D eigenvalue weighted by atomic mass is 9.98. The van der Waals surface area contributed by atoms with Crippen LogP contribution >= 0.6 is 15.9 Å². The first-order valence-corrected chi connectivity index (χ1v) is 12.5. The maximum Gasteiger partial charge on any atom is 0.419 e. The molecular formula is C28H31BrN2O4. The average molecular weight is 539 g/mol. The molecule has 3 aromatic rings. The molecular weight excluding hydrogens is 508 g/mol. The number of cyclic esters (lactones) is 1. The molecule has 35 heavy (non-hydrogen) atoms. The molecule has 0 fully saturated rings. The van der Waals surface area contributed by atoms with Crippen molar-refractivity contribution in [1.29, 1.82) is 0 Å². The molecule has 7 heteroatoms. The van der Waals surface area contributed by atoms with Gasteiger partial charge >= 0.3 is 12.1 Å². The molecule has 0 N–H and O–H groups in total. The predicted octanol–water partition coefficient (Wildman–Crippen LogP) is 6.10. The number of rotatable bonds is 6. The van der Waals surface area contributed by atoms with Crippen LogP contribution in [0, 0.1) is 0 Å². The van der Waals surface area contributed by atoms with E-state index in [0.717, 1.165) is 20.9 Å². The third-order valence-corrected chi connectivity index (χ3v) is 6.74. The van der Waals surface area contributed by atoms with E-state index in [1.54, 1.807) is 11.5 Å². The van der Waals surface area contributed by atoms with Gasteiger partial charge in [0, 0.05) is 28.2 Å². The van der Waals surface area contributed by atoms with Crippen molar-refractivity contribution < 1.29 is 19.1 Å². The van der Waals surface area contributed by atoms with Crippen molar-refractivity contribution in [3.05, 3.63) is 82.0 Å². The number of likely N-dealkylation sites (N-methyl/N-ethyl adjacent to an activating group) is 1. The Morgan fingerprint density at radius 1 is 1.17 bits per heavy atom. The van der Waals surface area contributed by atoms with Gasteiger partial charge in [-0.1, -0.05) is 52.3 Å². The van der Waals surface area contributed by atoms with Crippen molar-refractivity contribution in [3.63, 3.8) is 0 Å². The van der Waals surface area contributed by atoms with Gasteiger partial charge in [0.05, 0.1) is 11.6 Å². The van der Waals surface area contributed by atoms with Crippen molar-refractivity contribution in [2.24, 2.45) is 0 Å². The van der Waals surface area contributed by atoms with Crippen LogP contribution < -0.4 is 0 Å². The molecule has 0 spiro atoms. The van der Waals surface area contributed by atoms with Crippen molar-refractivity contribution >= 4 is 38.9 Å². The van der Waals surface area contributed by atoms with Crippen LogP contribution in [0.1, 0.15) is 38.8 Å². The van der Waals surface area contributed by atoms with E-state index in [1.165, 1.54) is 5.56 Å². The Hall–Kier alpha value is -2.90. The van der Waals surface area contributed by atoms with E-state index in [1.807, 2.05) is 76.5 Å². The summed E-state index contributed by atoms with van der Waals surface area (Å²) in [6.45, 7) is 8.03. The molecule has 0 saturated heterocycles. The van der Waals surface area contributed by atoms with E-state index in [-0.39, 0.29) is 12.0 Å². The van der Waals surface area contributed by atoms with Gasteiger partial charge in [0.1, 0.15) is 11.7 Å². The second kappa shape index (κ2) is 9.99. The van der Waals surface area contributed by atoms with Crippen LogP contribution in [0.2, 0.25) is 0 Å². The molecule has 0 bridgehead atoms. The Balaban J connectivity index is 1.73. The minimum absolute atomic E-state index is 0.138. The first-order valence-electron chi connectivity index (χ1n) is 11.7. The molecule has 2 atom stereocenters. The van der Waals surface area contributed by atoms with Gasteiger partial charge in [-0.25, -0.2) is 9.59 Å². The number of hydrogen-bond donors (Lipinski definition) is 0. The fourth-order valence-corrected chi connectivity index (χ4v) is 5.04. The highest BCUT2D eigenvalue weighted by Crippen LogP contribution is 2.33. The Morgan fingerprint density at radius 2 is 1.89 bits per heavy atom. The fraction of sp³-hybridized carbons (Fsp3) is 0.357. The lowest BCUT2D eigenvalue weighted by Gasteiger charge is -2.31. The molecule has 0 radical (unpaired) electrons. The topological polar surface area (TPSA) is 60.8 Å². The summed E-state index contributed by atoms with van der Waals surface area (Å²) in [5.74, 6) is -0.287. The summed E-state index contributed by atoms with van der Waals surface area (Å²) >= 11 is 3.68.